The topological polar surface area (TPSA) is 67.2 Å². The highest BCUT2D eigenvalue weighted by Gasteiger charge is 2.23. The maximum atomic E-state index is 12.6. The standard InChI is InChI=1S/C16H18N4O2S/c1-12(21)17-15-11-14(16(22)19-7-9-23-10-8-19)18-20(15)13-5-3-2-4-6-13/h2-6,11H,7-10H2,1H3,(H,17,21). The number of anilines is 1. The lowest BCUT2D eigenvalue weighted by molar-refractivity contribution is -0.114. The molecule has 3 rings (SSSR count). The normalized spacial score (nSPS) is 14.6. The third-order valence-electron chi connectivity index (χ3n) is 3.53. The van der Waals surface area contributed by atoms with E-state index in [9.17, 15) is 9.59 Å². The number of hydrogen-bond donors (Lipinski definition) is 1. The molecule has 0 saturated carbocycles. The van der Waals surface area contributed by atoms with Gasteiger partial charge in [-0.3, -0.25) is 9.59 Å². The van der Waals surface area contributed by atoms with Gasteiger partial charge >= 0.3 is 0 Å². The number of amides is 2. The van der Waals surface area contributed by atoms with Gasteiger partial charge < -0.3 is 10.2 Å². The predicted molar refractivity (Wildman–Crippen MR) is 91.1 cm³/mol. The maximum Gasteiger partial charge on any atom is 0.274 e. The molecule has 1 saturated heterocycles. The van der Waals surface area contributed by atoms with Crippen LogP contribution >= 0.6 is 11.8 Å². The maximum absolute atomic E-state index is 12.6. The molecule has 1 aliphatic heterocycles. The van der Waals surface area contributed by atoms with Gasteiger partial charge in [0.05, 0.1) is 5.69 Å². The SMILES string of the molecule is CC(=O)Nc1cc(C(=O)N2CCSCC2)nn1-c1ccccc1. The van der Waals surface area contributed by atoms with Crippen molar-refractivity contribution in [2.75, 3.05) is 29.9 Å². The van der Waals surface area contributed by atoms with E-state index in [1.54, 1.807) is 10.7 Å². The van der Waals surface area contributed by atoms with E-state index in [2.05, 4.69) is 10.4 Å². The Morgan fingerprint density at radius 1 is 1.17 bits per heavy atom. The highest BCUT2D eigenvalue weighted by atomic mass is 32.2. The third-order valence-corrected chi connectivity index (χ3v) is 4.47. The fourth-order valence-corrected chi connectivity index (χ4v) is 3.35. The van der Waals surface area contributed by atoms with E-state index >= 15 is 0 Å². The number of benzene rings is 1. The van der Waals surface area contributed by atoms with Crippen molar-refractivity contribution in [1.29, 1.82) is 0 Å². The second-order valence-electron chi connectivity index (χ2n) is 5.25. The van der Waals surface area contributed by atoms with E-state index in [4.69, 9.17) is 0 Å². The molecule has 120 valence electrons. The van der Waals surface area contributed by atoms with Crippen LogP contribution in [0.5, 0.6) is 0 Å². The van der Waals surface area contributed by atoms with Crippen LogP contribution < -0.4 is 5.32 Å². The molecule has 6 nitrogen and oxygen atoms in total. The molecule has 1 fully saturated rings. The van der Waals surface area contributed by atoms with Crippen LogP contribution in [0.1, 0.15) is 17.4 Å². The molecule has 1 N–H and O–H groups in total. The van der Waals surface area contributed by atoms with Crippen LogP contribution in [-0.2, 0) is 4.79 Å². The van der Waals surface area contributed by atoms with E-state index < -0.39 is 0 Å². The molecular weight excluding hydrogens is 312 g/mol. The Hall–Kier alpha value is -2.28. The Morgan fingerprint density at radius 3 is 2.52 bits per heavy atom. The van der Waals surface area contributed by atoms with Crippen molar-refractivity contribution in [1.82, 2.24) is 14.7 Å². The molecule has 1 aromatic carbocycles. The molecule has 0 radical (unpaired) electrons. The molecule has 0 atom stereocenters. The monoisotopic (exact) mass is 330 g/mol. The van der Waals surface area contributed by atoms with Gasteiger partial charge in [0, 0.05) is 37.6 Å². The predicted octanol–water partition coefficient (Wildman–Crippen LogP) is 2.02. The number of nitrogens with zero attached hydrogens (tertiary/aromatic N) is 3. The van der Waals surface area contributed by atoms with Gasteiger partial charge in [-0.1, -0.05) is 18.2 Å². The van der Waals surface area contributed by atoms with E-state index in [1.807, 2.05) is 47.0 Å². The van der Waals surface area contributed by atoms with Gasteiger partial charge in [0.2, 0.25) is 5.91 Å². The quantitative estimate of drug-likeness (QED) is 0.935. The highest BCUT2D eigenvalue weighted by Crippen LogP contribution is 2.19. The molecule has 0 unspecified atom stereocenters. The lowest BCUT2D eigenvalue weighted by Gasteiger charge is -2.25. The average molecular weight is 330 g/mol. The molecule has 0 spiro atoms. The van der Waals surface area contributed by atoms with E-state index in [1.165, 1.54) is 6.92 Å². The number of carbonyl (C=O) groups is 2. The second-order valence-corrected chi connectivity index (χ2v) is 6.47. The summed E-state index contributed by atoms with van der Waals surface area (Å²) >= 11 is 1.85. The molecule has 23 heavy (non-hydrogen) atoms. The second kappa shape index (κ2) is 6.87. The van der Waals surface area contributed by atoms with Gasteiger partial charge in [0.25, 0.3) is 5.91 Å². The van der Waals surface area contributed by atoms with Gasteiger partial charge in [-0.25, -0.2) is 4.68 Å². The minimum Gasteiger partial charge on any atom is -0.336 e. The van der Waals surface area contributed by atoms with E-state index in [-0.39, 0.29) is 11.8 Å². The number of carbonyl (C=O) groups excluding carboxylic acids is 2. The first kappa shape index (κ1) is 15.6. The Morgan fingerprint density at radius 2 is 1.87 bits per heavy atom. The summed E-state index contributed by atoms with van der Waals surface area (Å²) in [5.41, 5.74) is 1.15. The molecule has 2 amide bonds. The van der Waals surface area contributed by atoms with Crippen LogP contribution in [0.25, 0.3) is 5.69 Å². The summed E-state index contributed by atoms with van der Waals surface area (Å²) in [6.45, 7) is 2.90. The van der Waals surface area contributed by atoms with Crippen LogP contribution in [0.2, 0.25) is 0 Å². The molecule has 0 bridgehead atoms. The van der Waals surface area contributed by atoms with Crippen LogP contribution in [0.4, 0.5) is 5.82 Å². The first-order valence-electron chi connectivity index (χ1n) is 7.45. The van der Waals surface area contributed by atoms with Crippen molar-refractivity contribution in [3.05, 3.63) is 42.1 Å². The first-order chi connectivity index (χ1) is 11.1. The fourth-order valence-electron chi connectivity index (χ4n) is 2.45. The van der Waals surface area contributed by atoms with Crippen molar-refractivity contribution < 1.29 is 9.59 Å². The third kappa shape index (κ3) is 3.56. The van der Waals surface area contributed by atoms with E-state index in [0.29, 0.717) is 11.5 Å². The van der Waals surface area contributed by atoms with Gasteiger partial charge in [-0.15, -0.1) is 0 Å². The van der Waals surface area contributed by atoms with Crippen LogP contribution in [0, 0.1) is 0 Å². The van der Waals surface area contributed by atoms with Crippen molar-refractivity contribution in [2.45, 2.75) is 6.92 Å². The zero-order chi connectivity index (χ0) is 16.2. The molecule has 2 aromatic rings. The molecule has 1 aliphatic rings. The summed E-state index contributed by atoms with van der Waals surface area (Å²) in [7, 11) is 0. The highest BCUT2D eigenvalue weighted by molar-refractivity contribution is 7.99. The van der Waals surface area contributed by atoms with Crippen LogP contribution in [0.3, 0.4) is 0 Å². The summed E-state index contributed by atoms with van der Waals surface area (Å²) in [6, 6.07) is 11.1. The minimum absolute atomic E-state index is 0.0911. The number of rotatable bonds is 3. The molecule has 1 aromatic heterocycles. The van der Waals surface area contributed by atoms with Crippen LogP contribution in [0.15, 0.2) is 36.4 Å². The Kier molecular flexibility index (Phi) is 4.66. The summed E-state index contributed by atoms with van der Waals surface area (Å²) in [6.07, 6.45) is 0. The Balaban J connectivity index is 1.94. The van der Waals surface area contributed by atoms with Crippen LogP contribution in [-0.4, -0.2) is 51.1 Å². The zero-order valence-electron chi connectivity index (χ0n) is 12.9. The minimum atomic E-state index is -0.199. The van der Waals surface area contributed by atoms with Crippen molar-refractivity contribution >= 4 is 29.4 Å². The smallest absolute Gasteiger partial charge is 0.274 e. The molecule has 7 heteroatoms. The fraction of sp³-hybridized carbons (Fsp3) is 0.312. The van der Waals surface area contributed by atoms with Gasteiger partial charge in [-0.2, -0.15) is 16.9 Å². The summed E-state index contributed by atoms with van der Waals surface area (Å²) in [5.74, 6) is 2.10. The first-order valence-corrected chi connectivity index (χ1v) is 8.61. The Bertz CT molecular complexity index is 708. The summed E-state index contributed by atoms with van der Waals surface area (Å²) < 4.78 is 1.59. The van der Waals surface area contributed by atoms with Gasteiger partial charge in [0.15, 0.2) is 5.69 Å². The number of hydrogen-bond acceptors (Lipinski definition) is 4. The Labute approximate surface area is 138 Å². The van der Waals surface area contributed by atoms with Crippen molar-refractivity contribution in [2.24, 2.45) is 0 Å². The number of nitrogens with one attached hydrogen (secondary N) is 1. The zero-order valence-corrected chi connectivity index (χ0v) is 13.7. The van der Waals surface area contributed by atoms with E-state index in [0.717, 1.165) is 30.3 Å². The van der Waals surface area contributed by atoms with Gasteiger partial charge in [0.1, 0.15) is 5.82 Å². The lowest BCUT2D eigenvalue weighted by atomic mass is 10.3. The largest absolute Gasteiger partial charge is 0.336 e. The molecular formula is C16H18N4O2S. The number of para-hydroxylation sites is 1. The number of thioether (sulfide) groups is 1. The number of aromatic nitrogens is 2. The van der Waals surface area contributed by atoms with Crippen molar-refractivity contribution in [3.8, 4) is 5.69 Å². The van der Waals surface area contributed by atoms with Gasteiger partial charge in [-0.05, 0) is 12.1 Å². The summed E-state index contributed by atoms with van der Waals surface area (Å²) in [4.78, 5) is 25.8. The molecule has 0 aliphatic carbocycles. The summed E-state index contributed by atoms with van der Waals surface area (Å²) in [5, 5.41) is 7.15. The van der Waals surface area contributed by atoms with Crippen molar-refractivity contribution in [3.63, 3.8) is 0 Å². The average Bonchev–Trinajstić information content (AvgIpc) is 2.99. The lowest BCUT2D eigenvalue weighted by Crippen LogP contribution is -2.38. The molecule has 2 heterocycles.